The highest BCUT2D eigenvalue weighted by Gasteiger charge is 2.22. The van der Waals surface area contributed by atoms with Crippen molar-refractivity contribution < 1.29 is 9.21 Å². The van der Waals surface area contributed by atoms with Gasteiger partial charge in [0.15, 0.2) is 5.70 Å². The van der Waals surface area contributed by atoms with Crippen molar-refractivity contribution in [3.8, 4) is 0 Å². The minimum atomic E-state index is -0.244. The Morgan fingerprint density at radius 2 is 2.25 bits per heavy atom. The molecule has 1 aliphatic heterocycles. The van der Waals surface area contributed by atoms with Gasteiger partial charge in [-0.3, -0.25) is 15.1 Å². The first-order valence-electron chi connectivity index (χ1n) is 6.22. The van der Waals surface area contributed by atoms with Gasteiger partial charge in [0.1, 0.15) is 5.82 Å². The molecule has 2 rings (SSSR count). The number of nitrogens with zero attached hydrogens (tertiary/aromatic N) is 3. The van der Waals surface area contributed by atoms with Gasteiger partial charge in [-0.15, -0.1) is 5.10 Å². The number of amides is 1. The number of anilines is 1. The van der Waals surface area contributed by atoms with Crippen LogP contribution in [0.3, 0.4) is 0 Å². The Morgan fingerprint density at radius 1 is 1.45 bits per heavy atom. The molecular formula is C11H17N7O2. The molecule has 9 nitrogen and oxygen atoms in total. The average molecular weight is 279 g/mol. The molecule has 9 heteroatoms. The van der Waals surface area contributed by atoms with Crippen LogP contribution >= 0.6 is 0 Å². The molecule has 2 heterocycles. The Labute approximate surface area is 115 Å². The zero-order valence-electron chi connectivity index (χ0n) is 10.9. The molecule has 1 saturated heterocycles. The quantitative estimate of drug-likeness (QED) is 0.538. The molecule has 1 atom stereocenters. The highest BCUT2D eigenvalue weighted by molar-refractivity contribution is 5.93. The summed E-state index contributed by atoms with van der Waals surface area (Å²) >= 11 is 0. The number of rotatable bonds is 4. The van der Waals surface area contributed by atoms with Crippen LogP contribution in [0, 0.1) is 0 Å². The molecule has 0 saturated carbocycles. The third kappa shape index (κ3) is 3.12. The number of piperidine rings is 1. The number of carbonyl (C=O) groups is 1. The zero-order valence-corrected chi connectivity index (χ0v) is 10.9. The van der Waals surface area contributed by atoms with E-state index in [2.05, 4.69) is 32.5 Å². The summed E-state index contributed by atoms with van der Waals surface area (Å²) in [5.74, 6) is -0.292. The maximum atomic E-state index is 12.0. The zero-order chi connectivity index (χ0) is 14.5. The topological polar surface area (TPSA) is 144 Å². The van der Waals surface area contributed by atoms with Gasteiger partial charge >= 0.3 is 6.01 Å². The summed E-state index contributed by atoms with van der Waals surface area (Å²) in [6.07, 6.45) is 2.86. The van der Waals surface area contributed by atoms with E-state index in [1.165, 1.54) is 0 Å². The van der Waals surface area contributed by atoms with Gasteiger partial charge in [-0.2, -0.15) is 0 Å². The summed E-state index contributed by atoms with van der Waals surface area (Å²) in [5.41, 5.74) is 10.9. The maximum absolute atomic E-state index is 12.0. The van der Waals surface area contributed by atoms with Crippen molar-refractivity contribution in [1.29, 1.82) is 0 Å². The second kappa shape index (κ2) is 6.15. The standard InChI is InChI=1S/C11H17N7O2/c1-14-7(8(12)13)10-17-18-11(20-10)16-9(19)6-4-2-3-5-15-6/h6,15H,1-5,12-13H2,(H,16,18,19)/t6-/m0/s1. The summed E-state index contributed by atoms with van der Waals surface area (Å²) in [6.45, 7) is 4.13. The molecule has 1 aliphatic rings. The van der Waals surface area contributed by atoms with Crippen molar-refractivity contribution >= 4 is 24.3 Å². The van der Waals surface area contributed by atoms with Gasteiger partial charge in [0, 0.05) is 0 Å². The van der Waals surface area contributed by atoms with Crippen molar-refractivity contribution in [3.05, 3.63) is 11.7 Å². The lowest BCUT2D eigenvalue weighted by atomic mass is 10.0. The van der Waals surface area contributed by atoms with E-state index < -0.39 is 0 Å². The van der Waals surface area contributed by atoms with E-state index >= 15 is 0 Å². The number of aliphatic imine (C=N–C) groups is 1. The second-order valence-corrected chi connectivity index (χ2v) is 4.37. The number of nitrogens with two attached hydrogens (primary N) is 2. The number of hydrogen-bond donors (Lipinski definition) is 4. The molecule has 0 spiro atoms. The summed E-state index contributed by atoms with van der Waals surface area (Å²) in [4.78, 5) is 15.5. The molecule has 1 aromatic rings. The van der Waals surface area contributed by atoms with Crippen molar-refractivity contribution in [3.63, 3.8) is 0 Å². The molecule has 0 bridgehead atoms. The molecule has 6 N–H and O–H groups in total. The minimum absolute atomic E-state index is 0.00639. The van der Waals surface area contributed by atoms with E-state index in [1.54, 1.807) is 0 Å². The Kier molecular flexibility index (Phi) is 4.31. The van der Waals surface area contributed by atoms with Gasteiger partial charge in [0.2, 0.25) is 5.91 Å². The second-order valence-electron chi connectivity index (χ2n) is 4.37. The largest absolute Gasteiger partial charge is 0.401 e. The number of hydrogen-bond acceptors (Lipinski definition) is 8. The fraction of sp³-hybridized carbons (Fsp3) is 0.455. The minimum Gasteiger partial charge on any atom is -0.401 e. The number of carbonyl (C=O) groups excluding carboxylic acids is 1. The van der Waals surface area contributed by atoms with Crippen molar-refractivity contribution in [2.45, 2.75) is 25.3 Å². The van der Waals surface area contributed by atoms with Crippen LogP contribution in [0.2, 0.25) is 0 Å². The highest BCUT2D eigenvalue weighted by Crippen LogP contribution is 2.17. The first kappa shape index (κ1) is 14.0. The predicted octanol–water partition coefficient (Wildman–Crippen LogP) is -0.606. The number of aromatic nitrogens is 2. The Balaban J connectivity index is 2.04. The van der Waals surface area contributed by atoms with Gasteiger partial charge in [0.05, 0.1) is 6.04 Å². The summed E-state index contributed by atoms with van der Waals surface area (Å²) < 4.78 is 5.23. The summed E-state index contributed by atoms with van der Waals surface area (Å²) in [5, 5.41) is 13.1. The number of nitrogens with one attached hydrogen (secondary N) is 2. The third-order valence-corrected chi connectivity index (χ3v) is 2.92. The van der Waals surface area contributed by atoms with Crippen molar-refractivity contribution in [2.24, 2.45) is 16.5 Å². The van der Waals surface area contributed by atoms with Gasteiger partial charge in [-0.25, -0.2) is 0 Å². The van der Waals surface area contributed by atoms with Gasteiger partial charge in [0.25, 0.3) is 5.89 Å². The lowest BCUT2D eigenvalue weighted by Gasteiger charge is -2.21. The van der Waals surface area contributed by atoms with Crippen LogP contribution < -0.4 is 22.1 Å². The normalized spacial score (nSPS) is 18.3. The monoisotopic (exact) mass is 279 g/mol. The molecule has 1 aromatic heterocycles. The first-order chi connectivity index (χ1) is 9.61. The van der Waals surface area contributed by atoms with Crippen LogP contribution in [0.1, 0.15) is 25.2 Å². The fourth-order valence-corrected chi connectivity index (χ4v) is 1.92. The first-order valence-corrected chi connectivity index (χ1v) is 6.22. The molecule has 108 valence electrons. The van der Waals surface area contributed by atoms with Gasteiger partial charge < -0.3 is 21.2 Å². The van der Waals surface area contributed by atoms with Crippen LogP contribution in [0.5, 0.6) is 0 Å². The van der Waals surface area contributed by atoms with Crippen molar-refractivity contribution in [2.75, 3.05) is 11.9 Å². The fourth-order valence-electron chi connectivity index (χ4n) is 1.92. The average Bonchev–Trinajstić information content (AvgIpc) is 2.88. The molecule has 1 fully saturated rings. The van der Waals surface area contributed by atoms with Crippen LogP contribution in [-0.2, 0) is 4.79 Å². The lowest BCUT2D eigenvalue weighted by Crippen LogP contribution is -2.43. The summed E-state index contributed by atoms with van der Waals surface area (Å²) in [6, 6.07) is -0.272. The molecule has 20 heavy (non-hydrogen) atoms. The smallest absolute Gasteiger partial charge is 0.322 e. The van der Waals surface area contributed by atoms with E-state index in [9.17, 15) is 4.79 Å². The Morgan fingerprint density at radius 3 is 2.85 bits per heavy atom. The van der Waals surface area contributed by atoms with E-state index in [4.69, 9.17) is 15.9 Å². The van der Waals surface area contributed by atoms with Crippen LogP contribution in [-0.4, -0.2) is 35.4 Å². The Hall–Kier alpha value is -2.42. The van der Waals surface area contributed by atoms with Gasteiger partial charge in [-0.1, -0.05) is 11.5 Å². The van der Waals surface area contributed by atoms with Gasteiger partial charge in [-0.05, 0) is 26.1 Å². The van der Waals surface area contributed by atoms with Crippen LogP contribution in [0.15, 0.2) is 15.2 Å². The van der Waals surface area contributed by atoms with E-state index in [0.29, 0.717) is 0 Å². The lowest BCUT2D eigenvalue weighted by molar-refractivity contribution is -0.118. The van der Waals surface area contributed by atoms with E-state index in [0.717, 1.165) is 25.8 Å². The molecular weight excluding hydrogens is 262 g/mol. The van der Waals surface area contributed by atoms with Crippen LogP contribution in [0.4, 0.5) is 6.01 Å². The molecule has 1 amide bonds. The molecule has 0 unspecified atom stereocenters. The predicted molar refractivity (Wildman–Crippen MR) is 73.4 cm³/mol. The van der Waals surface area contributed by atoms with Crippen LogP contribution in [0.25, 0.3) is 5.70 Å². The maximum Gasteiger partial charge on any atom is 0.322 e. The molecule has 0 aromatic carbocycles. The Bertz CT molecular complexity index is 527. The third-order valence-electron chi connectivity index (χ3n) is 2.92. The SMILES string of the molecule is C=NC(=C(N)N)c1nnc(NC(=O)[C@@H]2CCCCN2)o1. The molecule has 0 radical (unpaired) electrons. The summed E-state index contributed by atoms with van der Waals surface area (Å²) in [7, 11) is 0. The molecule has 0 aliphatic carbocycles. The highest BCUT2D eigenvalue weighted by atomic mass is 16.4. The van der Waals surface area contributed by atoms with E-state index in [-0.39, 0.29) is 35.4 Å². The van der Waals surface area contributed by atoms with Crippen molar-refractivity contribution in [1.82, 2.24) is 15.5 Å². The van der Waals surface area contributed by atoms with E-state index in [1.807, 2.05) is 0 Å².